The van der Waals surface area contributed by atoms with E-state index >= 15 is 0 Å². The zero-order valence-corrected chi connectivity index (χ0v) is 9.98. The smallest absolute Gasteiger partial charge is 0.229 e. The first kappa shape index (κ1) is 12.8. The molecule has 0 fully saturated rings. The van der Waals surface area contributed by atoms with Crippen molar-refractivity contribution in [3.8, 4) is 0 Å². The lowest BCUT2D eigenvalue weighted by atomic mass is 10.2. The molecular weight excluding hydrogens is 251 g/mol. The minimum atomic E-state index is -3.32. The van der Waals surface area contributed by atoms with Crippen LogP contribution in [0.25, 0.3) is 0 Å². The molecule has 1 aromatic carbocycles. The van der Waals surface area contributed by atoms with Crippen LogP contribution in [0.3, 0.4) is 0 Å². The van der Waals surface area contributed by atoms with Gasteiger partial charge in [0, 0.05) is 11.3 Å². The van der Waals surface area contributed by atoms with Crippen LogP contribution in [0.5, 0.6) is 0 Å². The Bertz CT molecular complexity index is 507. The number of nitrogens with one attached hydrogen (secondary N) is 1. The quantitative estimate of drug-likeness (QED) is 0.512. The molecule has 0 saturated heterocycles. The van der Waals surface area contributed by atoms with Gasteiger partial charge < -0.3 is 0 Å². The molecule has 0 amide bonds. The van der Waals surface area contributed by atoms with Crippen LogP contribution in [0, 0.1) is 0 Å². The van der Waals surface area contributed by atoms with Gasteiger partial charge in [0.05, 0.1) is 11.4 Å². The number of nitrogens with zero attached hydrogens (tertiary/aromatic N) is 1. The van der Waals surface area contributed by atoms with Crippen molar-refractivity contribution in [1.29, 1.82) is 0 Å². The summed E-state index contributed by atoms with van der Waals surface area (Å²) in [4.78, 5) is 3.26. The third-order valence-electron chi connectivity index (χ3n) is 1.66. The van der Waals surface area contributed by atoms with Crippen molar-refractivity contribution in [1.82, 2.24) is 0 Å². The third kappa shape index (κ3) is 4.06. The fraction of sp³-hybridized carbons (Fsp3) is 0.222. The van der Waals surface area contributed by atoms with E-state index in [2.05, 4.69) is 21.9 Å². The van der Waals surface area contributed by atoms with Crippen LogP contribution < -0.4 is 4.72 Å². The van der Waals surface area contributed by atoms with Crippen molar-refractivity contribution in [2.24, 2.45) is 4.99 Å². The average molecular weight is 260 g/mol. The van der Waals surface area contributed by atoms with Crippen LogP contribution in [-0.4, -0.2) is 19.8 Å². The highest BCUT2D eigenvalue weighted by Gasteiger charge is 2.07. The number of isothiocyanates is 1. The van der Waals surface area contributed by atoms with Crippen LogP contribution in [0.15, 0.2) is 29.3 Å². The summed E-state index contributed by atoms with van der Waals surface area (Å²) in [7, 11) is -3.32. The molecule has 86 valence electrons. The molecule has 0 aromatic heterocycles. The predicted octanol–water partition coefficient (Wildman–Crippen LogP) is 2.13. The highest BCUT2D eigenvalue weighted by Crippen LogP contribution is 2.20. The molecule has 0 radical (unpaired) electrons. The second-order valence-electron chi connectivity index (χ2n) is 3.05. The summed E-state index contributed by atoms with van der Waals surface area (Å²) in [6.07, 6.45) is -0.528. The normalized spacial score (nSPS) is 12.6. The van der Waals surface area contributed by atoms with Gasteiger partial charge in [-0.25, -0.2) is 12.8 Å². The molecule has 4 nitrogen and oxygen atoms in total. The van der Waals surface area contributed by atoms with Gasteiger partial charge in [-0.3, -0.25) is 4.72 Å². The molecule has 0 spiro atoms. The number of benzene rings is 1. The van der Waals surface area contributed by atoms with Crippen molar-refractivity contribution in [2.45, 2.75) is 6.30 Å². The molecule has 0 saturated carbocycles. The highest BCUT2D eigenvalue weighted by molar-refractivity contribution is 7.92. The van der Waals surface area contributed by atoms with Crippen LogP contribution >= 0.6 is 12.2 Å². The summed E-state index contributed by atoms with van der Waals surface area (Å²) in [6, 6.07) is 5.74. The van der Waals surface area contributed by atoms with E-state index in [0.717, 1.165) is 6.26 Å². The number of aliphatic imine (C=N–C) groups is 1. The van der Waals surface area contributed by atoms with E-state index in [0.29, 0.717) is 5.69 Å². The van der Waals surface area contributed by atoms with E-state index in [-0.39, 0.29) is 5.56 Å². The minimum Gasteiger partial charge on any atom is -0.284 e. The zero-order chi connectivity index (χ0) is 12.2. The van der Waals surface area contributed by atoms with Gasteiger partial charge in [-0.2, -0.15) is 4.99 Å². The van der Waals surface area contributed by atoms with Gasteiger partial charge in [0.1, 0.15) is 0 Å². The zero-order valence-electron chi connectivity index (χ0n) is 8.34. The fourth-order valence-corrected chi connectivity index (χ4v) is 1.70. The fourth-order valence-electron chi connectivity index (χ4n) is 1.04. The molecule has 0 aliphatic rings. The predicted molar refractivity (Wildman–Crippen MR) is 63.8 cm³/mol. The monoisotopic (exact) mass is 260 g/mol. The number of alkyl halides is 1. The maximum absolute atomic E-state index is 13.2. The summed E-state index contributed by atoms with van der Waals surface area (Å²) >= 11 is 4.28. The van der Waals surface area contributed by atoms with Gasteiger partial charge in [0.25, 0.3) is 0 Å². The van der Waals surface area contributed by atoms with Gasteiger partial charge in [-0.15, -0.1) is 0 Å². The Balaban J connectivity index is 2.87. The van der Waals surface area contributed by atoms with Crippen LogP contribution in [0.4, 0.5) is 10.1 Å². The summed E-state index contributed by atoms with van der Waals surface area (Å²) < 4.78 is 37.2. The van der Waals surface area contributed by atoms with Crippen molar-refractivity contribution in [2.75, 3.05) is 11.0 Å². The standard InChI is InChI=1S/C9H9FN2O2S2/c1-16(13,14)12-8-4-2-7(3-5-8)9(10)11-6-15/h2-5,9,12H,1H3. The Morgan fingerprint density at radius 1 is 1.44 bits per heavy atom. The number of halogens is 1. The molecule has 1 unspecified atom stereocenters. The van der Waals surface area contributed by atoms with Gasteiger partial charge in [0.2, 0.25) is 16.3 Å². The van der Waals surface area contributed by atoms with Crippen LogP contribution in [0.1, 0.15) is 11.9 Å². The van der Waals surface area contributed by atoms with E-state index in [9.17, 15) is 12.8 Å². The molecule has 1 rings (SSSR count). The lowest BCUT2D eigenvalue weighted by Gasteiger charge is -2.05. The van der Waals surface area contributed by atoms with Crippen molar-refractivity contribution in [3.63, 3.8) is 0 Å². The SMILES string of the molecule is CS(=O)(=O)Nc1ccc(C(F)N=C=S)cc1. The Kier molecular flexibility index (Phi) is 4.12. The summed E-state index contributed by atoms with van der Waals surface area (Å²) in [5.74, 6) is 0. The number of anilines is 1. The highest BCUT2D eigenvalue weighted by atomic mass is 32.2. The minimum absolute atomic E-state index is 0.288. The Labute approximate surface area is 98.3 Å². The first-order valence-corrected chi connectivity index (χ1v) is 6.51. The van der Waals surface area contributed by atoms with E-state index in [4.69, 9.17) is 0 Å². The Morgan fingerprint density at radius 3 is 2.44 bits per heavy atom. The summed E-state index contributed by atoms with van der Waals surface area (Å²) in [5, 5.41) is 1.94. The van der Waals surface area contributed by atoms with Crippen molar-refractivity contribution < 1.29 is 12.8 Å². The topological polar surface area (TPSA) is 58.5 Å². The summed E-state index contributed by atoms with van der Waals surface area (Å²) in [5.41, 5.74) is 0.654. The van der Waals surface area contributed by atoms with Crippen molar-refractivity contribution >= 4 is 33.1 Å². The molecule has 1 aromatic rings. The third-order valence-corrected chi connectivity index (χ3v) is 2.37. The number of rotatable bonds is 4. The Morgan fingerprint density at radius 2 is 2.00 bits per heavy atom. The first-order chi connectivity index (χ1) is 7.42. The van der Waals surface area contributed by atoms with Gasteiger partial charge >= 0.3 is 0 Å². The number of sulfonamides is 1. The average Bonchev–Trinajstić information content (AvgIpc) is 2.16. The van der Waals surface area contributed by atoms with Crippen molar-refractivity contribution in [3.05, 3.63) is 29.8 Å². The first-order valence-electron chi connectivity index (χ1n) is 4.21. The van der Waals surface area contributed by atoms with Crippen LogP contribution in [0.2, 0.25) is 0 Å². The molecule has 16 heavy (non-hydrogen) atoms. The van der Waals surface area contributed by atoms with E-state index in [1.165, 1.54) is 24.3 Å². The molecule has 0 heterocycles. The number of hydrogen-bond donors (Lipinski definition) is 1. The van der Waals surface area contributed by atoms with E-state index in [1.54, 1.807) is 0 Å². The second-order valence-corrected chi connectivity index (χ2v) is 4.98. The van der Waals surface area contributed by atoms with Crippen LogP contribution in [-0.2, 0) is 10.0 Å². The molecular formula is C9H9FN2O2S2. The van der Waals surface area contributed by atoms with E-state index < -0.39 is 16.3 Å². The van der Waals surface area contributed by atoms with Gasteiger partial charge in [-0.05, 0) is 24.4 Å². The van der Waals surface area contributed by atoms with Gasteiger partial charge in [0.15, 0.2) is 0 Å². The lowest BCUT2D eigenvalue weighted by Crippen LogP contribution is -2.09. The number of thiocarbonyl (C=S) groups is 1. The molecule has 0 aliphatic carbocycles. The molecule has 1 N–H and O–H groups in total. The lowest BCUT2D eigenvalue weighted by molar-refractivity contribution is 0.360. The van der Waals surface area contributed by atoms with E-state index in [1.807, 2.05) is 5.16 Å². The maximum atomic E-state index is 13.2. The number of hydrogen-bond acceptors (Lipinski definition) is 4. The second kappa shape index (κ2) is 5.16. The summed E-state index contributed by atoms with van der Waals surface area (Å²) in [6.45, 7) is 0. The van der Waals surface area contributed by atoms with Gasteiger partial charge in [-0.1, -0.05) is 12.1 Å². The largest absolute Gasteiger partial charge is 0.284 e. The Hall–Kier alpha value is -1.30. The molecule has 7 heteroatoms. The molecule has 0 bridgehead atoms. The molecule has 1 atom stereocenters. The molecule has 0 aliphatic heterocycles. The maximum Gasteiger partial charge on any atom is 0.229 e.